The van der Waals surface area contributed by atoms with Crippen molar-refractivity contribution in [2.24, 2.45) is 29.1 Å². The first-order valence-corrected chi connectivity index (χ1v) is 15.3. The smallest absolute Gasteiger partial charge is 0.471 e. The highest BCUT2D eigenvalue weighted by molar-refractivity contribution is 6.02. The van der Waals surface area contributed by atoms with Gasteiger partial charge in [-0.1, -0.05) is 20.8 Å². The third kappa shape index (κ3) is 5.36. The van der Waals surface area contributed by atoms with Crippen LogP contribution < -0.4 is 15.4 Å². The fraction of sp³-hybridized carbons (Fsp3) is 0.700. The van der Waals surface area contributed by atoms with Crippen molar-refractivity contribution in [3.8, 4) is 5.75 Å². The molecule has 5 aliphatic rings. The Balaban J connectivity index is 1.34. The quantitative estimate of drug-likeness (QED) is 0.471. The Kier molecular flexibility index (Phi) is 7.55. The molecule has 2 bridgehead atoms. The molecule has 4 fully saturated rings. The minimum absolute atomic E-state index is 0.0550. The van der Waals surface area contributed by atoms with Gasteiger partial charge in [-0.2, -0.15) is 26.3 Å². The molecule has 3 aliphatic heterocycles. The summed E-state index contributed by atoms with van der Waals surface area (Å²) in [6.07, 6.45) is -10.1. The molecule has 1 unspecified atom stereocenters. The fourth-order valence-corrected chi connectivity index (χ4v) is 8.39. The van der Waals surface area contributed by atoms with Gasteiger partial charge in [0.25, 0.3) is 5.91 Å². The third-order valence-electron chi connectivity index (χ3n) is 10.5. The number of alkyl halides is 7. The van der Waals surface area contributed by atoms with Crippen LogP contribution in [0.2, 0.25) is 0 Å². The summed E-state index contributed by atoms with van der Waals surface area (Å²) >= 11 is 0. The third-order valence-corrected chi connectivity index (χ3v) is 10.5. The first kappa shape index (κ1) is 33.2. The first-order chi connectivity index (χ1) is 21.6. The van der Waals surface area contributed by atoms with Gasteiger partial charge in [0.05, 0.1) is 6.54 Å². The molecule has 10 nitrogen and oxygen atoms in total. The van der Waals surface area contributed by atoms with Crippen LogP contribution in [0.25, 0.3) is 0 Å². The molecule has 258 valence electrons. The van der Waals surface area contributed by atoms with E-state index < -0.39 is 107 Å². The van der Waals surface area contributed by atoms with Gasteiger partial charge in [0, 0.05) is 25.2 Å². The average molecular weight is 678 g/mol. The summed E-state index contributed by atoms with van der Waals surface area (Å²) < 4.78 is 102. The maximum atomic E-state index is 15.2. The topological polar surface area (TPSA) is 121 Å². The van der Waals surface area contributed by atoms with Crippen molar-refractivity contribution < 1.29 is 54.6 Å². The van der Waals surface area contributed by atoms with Crippen molar-refractivity contribution in [3.05, 3.63) is 17.8 Å². The summed E-state index contributed by atoms with van der Waals surface area (Å²) in [6, 6.07) is -3.17. The zero-order chi connectivity index (χ0) is 34.6. The van der Waals surface area contributed by atoms with Crippen LogP contribution in [0.1, 0.15) is 52.5 Å². The molecule has 6 rings (SSSR count). The lowest BCUT2D eigenvalue weighted by Gasteiger charge is -2.39. The lowest BCUT2D eigenvalue weighted by Crippen LogP contribution is -2.61. The summed E-state index contributed by atoms with van der Waals surface area (Å²) in [7, 11) is 0. The van der Waals surface area contributed by atoms with Crippen LogP contribution >= 0.6 is 0 Å². The number of halogens is 7. The number of nitrogens with zero attached hydrogens (tertiary/aromatic N) is 3. The SMILES string of the molecule is C[C@@H]1C[C@]2(CN1C(=O)[C@@H]1[C@@H]3C(CN1C(=O)[C@@H](NC(=O)C(F)(F)F)C(C)(C)C)[C@H]1C[C@@H]3[C@H](F)C1)Oc1c(C(F)(F)F)ccnc1NC2=O. The Labute approximate surface area is 264 Å². The maximum Gasteiger partial charge on any atom is 0.471 e. The molecule has 47 heavy (non-hydrogen) atoms. The van der Waals surface area contributed by atoms with Gasteiger partial charge in [-0.05, 0) is 54.9 Å². The first-order valence-electron chi connectivity index (χ1n) is 15.3. The van der Waals surface area contributed by atoms with E-state index in [9.17, 15) is 45.5 Å². The van der Waals surface area contributed by atoms with E-state index in [0.717, 1.165) is 11.1 Å². The second-order valence-electron chi connectivity index (χ2n) is 14.5. The molecule has 1 aromatic rings. The standard InChI is InChI=1S/C30H34F7N5O5/c1-12-9-28(25(45)40-22-20(47-28)16(5-6-38-22)29(32,33)34)11-42(12)23(43)19-18-14-7-13(8-17(14)31)15(18)10-41(19)24(44)21(27(2,3)4)39-26(46)30(35,36)37/h5-6,12-15,17-19,21H,7-11H2,1-4H3,(H,39,46)(H,38,40,45)/t12-,13+,14-,15?,17-,18+,19+,21-,28-/m1/s1. The molecule has 2 N–H and O–H groups in total. The summed E-state index contributed by atoms with van der Waals surface area (Å²) in [5.74, 6) is -7.79. The van der Waals surface area contributed by atoms with Crippen LogP contribution in [0, 0.1) is 29.1 Å². The number of carbonyl (C=O) groups excluding carboxylic acids is 4. The van der Waals surface area contributed by atoms with Gasteiger partial charge in [-0.15, -0.1) is 0 Å². The van der Waals surface area contributed by atoms with Crippen molar-refractivity contribution in [2.75, 3.05) is 18.4 Å². The molecule has 0 aromatic carbocycles. The second-order valence-corrected chi connectivity index (χ2v) is 14.5. The van der Waals surface area contributed by atoms with Crippen molar-refractivity contribution >= 4 is 29.4 Å². The molecule has 1 spiro atoms. The summed E-state index contributed by atoms with van der Waals surface area (Å²) in [5.41, 5.74) is -4.37. The normalized spacial score (nSPS) is 33.8. The largest absolute Gasteiger partial charge is 0.471 e. The van der Waals surface area contributed by atoms with Gasteiger partial charge < -0.3 is 25.2 Å². The molecule has 2 aliphatic carbocycles. The van der Waals surface area contributed by atoms with Crippen LogP contribution in [0.4, 0.5) is 36.6 Å². The number of anilines is 1. The summed E-state index contributed by atoms with van der Waals surface area (Å²) in [5, 5.41) is 4.13. The number of aromatic nitrogens is 1. The van der Waals surface area contributed by atoms with Crippen LogP contribution in [0.5, 0.6) is 5.75 Å². The number of pyridine rings is 1. The molecule has 1 aromatic heterocycles. The number of likely N-dealkylation sites (tertiary alicyclic amines) is 2. The Morgan fingerprint density at radius 3 is 2.38 bits per heavy atom. The van der Waals surface area contributed by atoms with Gasteiger partial charge >= 0.3 is 18.3 Å². The molecule has 9 atom stereocenters. The van der Waals surface area contributed by atoms with Crippen LogP contribution in [-0.2, 0) is 25.4 Å². The van der Waals surface area contributed by atoms with E-state index in [4.69, 9.17) is 4.74 Å². The summed E-state index contributed by atoms with van der Waals surface area (Å²) in [6.45, 7) is 5.34. The van der Waals surface area contributed by atoms with E-state index >= 15 is 4.39 Å². The number of ether oxygens (including phenoxy) is 1. The Morgan fingerprint density at radius 2 is 1.77 bits per heavy atom. The van der Waals surface area contributed by atoms with Crippen molar-refractivity contribution in [1.29, 1.82) is 0 Å². The lowest BCUT2D eigenvalue weighted by molar-refractivity contribution is -0.176. The van der Waals surface area contributed by atoms with E-state index in [1.165, 1.54) is 25.7 Å². The minimum Gasteiger partial charge on any atom is -0.471 e. The van der Waals surface area contributed by atoms with E-state index in [2.05, 4.69) is 10.3 Å². The number of hydrogen-bond acceptors (Lipinski definition) is 6. The highest BCUT2D eigenvalue weighted by atomic mass is 19.4. The van der Waals surface area contributed by atoms with Gasteiger partial charge in [0.2, 0.25) is 17.4 Å². The zero-order valence-electron chi connectivity index (χ0n) is 25.8. The molecule has 2 saturated carbocycles. The zero-order valence-corrected chi connectivity index (χ0v) is 25.8. The van der Waals surface area contributed by atoms with Gasteiger partial charge in [-0.25, -0.2) is 9.37 Å². The number of hydrogen-bond donors (Lipinski definition) is 2. The van der Waals surface area contributed by atoms with E-state index in [1.807, 2.05) is 0 Å². The molecular formula is C30H34F7N5O5. The molecule has 17 heteroatoms. The molecule has 4 heterocycles. The molecule has 4 amide bonds. The van der Waals surface area contributed by atoms with Crippen LogP contribution in [0.3, 0.4) is 0 Å². The van der Waals surface area contributed by atoms with Crippen molar-refractivity contribution in [1.82, 2.24) is 20.1 Å². The number of amides is 4. The fourth-order valence-electron chi connectivity index (χ4n) is 8.39. The maximum absolute atomic E-state index is 15.2. The minimum atomic E-state index is -5.29. The van der Waals surface area contributed by atoms with Crippen LogP contribution in [0.15, 0.2) is 12.3 Å². The predicted octanol–water partition coefficient (Wildman–Crippen LogP) is 3.71. The monoisotopic (exact) mass is 677 g/mol. The van der Waals surface area contributed by atoms with E-state index in [0.29, 0.717) is 12.5 Å². The average Bonchev–Trinajstić information content (AvgIpc) is 3.69. The van der Waals surface area contributed by atoms with E-state index in [1.54, 1.807) is 12.2 Å². The van der Waals surface area contributed by atoms with Crippen LogP contribution in [-0.4, -0.2) is 87.6 Å². The van der Waals surface area contributed by atoms with E-state index in [-0.39, 0.29) is 31.2 Å². The predicted molar refractivity (Wildman–Crippen MR) is 148 cm³/mol. The summed E-state index contributed by atoms with van der Waals surface area (Å²) in [4.78, 5) is 60.0. The molecular weight excluding hydrogens is 643 g/mol. The highest BCUT2D eigenvalue weighted by Gasteiger charge is 2.65. The number of carbonyl (C=O) groups is 4. The molecule has 2 saturated heterocycles. The number of rotatable bonds is 3. The van der Waals surface area contributed by atoms with Gasteiger partial charge in [0.15, 0.2) is 11.6 Å². The van der Waals surface area contributed by atoms with Gasteiger partial charge in [0.1, 0.15) is 23.8 Å². The number of nitrogens with one attached hydrogen (secondary N) is 2. The Bertz CT molecular complexity index is 1510. The van der Waals surface area contributed by atoms with Crippen molar-refractivity contribution in [2.45, 2.75) is 89.2 Å². The molecule has 0 radical (unpaired) electrons. The van der Waals surface area contributed by atoms with Crippen molar-refractivity contribution in [3.63, 3.8) is 0 Å². The van der Waals surface area contributed by atoms with Gasteiger partial charge in [-0.3, -0.25) is 19.2 Å². The lowest BCUT2D eigenvalue weighted by atomic mass is 9.77. The second kappa shape index (κ2) is 10.7. The Hall–Kier alpha value is -3.66. The number of fused-ring (bicyclic) bond motifs is 6. The Morgan fingerprint density at radius 1 is 1.09 bits per heavy atom. The highest BCUT2D eigenvalue weighted by Crippen LogP contribution is 2.59.